The summed E-state index contributed by atoms with van der Waals surface area (Å²) in [6, 6.07) is 2.82. The topological polar surface area (TPSA) is 370 Å². The lowest BCUT2D eigenvalue weighted by atomic mass is 9.75. The summed E-state index contributed by atoms with van der Waals surface area (Å²) in [7, 11) is -29.8. The fraction of sp³-hybridized carbons (Fsp3) is 0.412. The highest BCUT2D eigenvalue weighted by atomic mass is 32.2. The van der Waals surface area contributed by atoms with Crippen molar-refractivity contribution in [2.75, 3.05) is 29.5 Å². The molecule has 0 fully saturated rings. The molecule has 28 heteroatoms. The van der Waals surface area contributed by atoms with Gasteiger partial charge in [-0.15, -0.1) is 0 Å². The summed E-state index contributed by atoms with van der Waals surface area (Å²) in [5.41, 5.74) is -3.54. The number of carbonyl (C=O) groups is 1. The van der Waals surface area contributed by atoms with Gasteiger partial charge in [-0.25, -0.2) is 0 Å². The molecule has 0 spiro atoms. The number of carboxylic acid groups (broad SMARTS) is 1. The normalized spacial score (nSPS) is 19.2. The van der Waals surface area contributed by atoms with E-state index in [2.05, 4.69) is 0 Å². The number of hydrogen-bond acceptors (Lipinski definition) is 14. The van der Waals surface area contributed by atoms with E-state index < -0.39 is 115 Å². The van der Waals surface area contributed by atoms with Gasteiger partial charge in [-0.3, -0.25) is 32.1 Å². The number of hydrogen-bond donors (Lipinski definition) is 7. The molecular weight excluding hydrogens is 949 g/mol. The first-order chi connectivity index (χ1) is 28.0. The molecule has 0 amide bonds. The van der Waals surface area contributed by atoms with Crippen LogP contribution in [0.4, 0.5) is 11.4 Å². The third-order valence-corrected chi connectivity index (χ3v) is 15.2. The minimum Gasteiger partial charge on any atom is -0.481 e. The molecule has 2 aromatic carbocycles. The van der Waals surface area contributed by atoms with Crippen LogP contribution in [0.1, 0.15) is 64.0 Å². The van der Waals surface area contributed by atoms with Crippen molar-refractivity contribution in [1.29, 1.82) is 0 Å². The largest absolute Gasteiger partial charge is 0.481 e. The Balaban J connectivity index is 1.97. The van der Waals surface area contributed by atoms with E-state index >= 15 is 0 Å². The lowest BCUT2D eigenvalue weighted by molar-refractivity contribution is -0.437. The third kappa shape index (κ3) is 11.6. The van der Waals surface area contributed by atoms with Crippen LogP contribution in [0.3, 0.4) is 0 Å². The van der Waals surface area contributed by atoms with Gasteiger partial charge in [0.25, 0.3) is 60.7 Å². The second kappa shape index (κ2) is 17.6. The van der Waals surface area contributed by atoms with Crippen LogP contribution < -0.4 is 4.90 Å². The van der Waals surface area contributed by atoms with Gasteiger partial charge in [-0.2, -0.15) is 55.1 Å². The minimum atomic E-state index is -5.30. The number of anilines is 1. The Morgan fingerprint density at radius 3 is 1.68 bits per heavy atom. The second-order valence-electron chi connectivity index (χ2n) is 15.0. The first kappa shape index (κ1) is 50.7. The van der Waals surface area contributed by atoms with Gasteiger partial charge in [0.15, 0.2) is 5.71 Å². The Bertz CT molecular complexity index is 3010. The molecule has 0 bridgehead atoms. The smallest absolute Gasteiger partial charge is 0.303 e. The van der Waals surface area contributed by atoms with Crippen LogP contribution >= 0.6 is 0 Å². The summed E-state index contributed by atoms with van der Waals surface area (Å²) in [5, 5.41) is 9.40. The minimum absolute atomic E-state index is 0.0962. The fourth-order valence-electron chi connectivity index (χ4n) is 7.68. The predicted octanol–water partition coefficient (Wildman–Crippen LogP) is 2.63. The number of nitrogens with zero attached hydrogens (tertiary/aromatic N) is 2. The number of aliphatic carboxylic acids is 1. The van der Waals surface area contributed by atoms with Gasteiger partial charge in [0.1, 0.15) is 21.2 Å². The third-order valence-electron chi connectivity index (χ3n) is 10.2. The van der Waals surface area contributed by atoms with Crippen LogP contribution in [-0.4, -0.2) is 124 Å². The summed E-state index contributed by atoms with van der Waals surface area (Å²) in [6.45, 7) is 3.76. The SMILES string of the molecule is CC1(CCCC(=O)O)C(/C=C/C=C/C=C2/N(CCCS(=O)(=O)O)c3cc(S(=O)(=O)O)cc(S(=O)(=O)O)c3C2(C)C)=[N+](CCCS(=O)(=O)O)c2cc(S(=O)(=O)O)cc(S(=O)(=O)O)c21. The van der Waals surface area contributed by atoms with E-state index in [4.69, 9.17) is 0 Å². The van der Waals surface area contributed by atoms with Crippen LogP contribution in [0, 0.1) is 0 Å². The Morgan fingerprint density at radius 1 is 0.661 bits per heavy atom. The molecule has 2 heterocycles. The van der Waals surface area contributed by atoms with Crippen LogP contribution in [-0.2, 0) is 76.3 Å². The van der Waals surface area contributed by atoms with Gasteiger partial charge < -0.3 is 10.0 Å². The van der Waals surface area contributed by atoms with Crippen molar-refractivity contribution >= 4 is 83.8 Å². The van der Waals surface area contributed by atoms with Gasteiger partial charge in [0, 0.05) is 53.9 Å². The molecule has 344 valence electrons. The monoisotopic (exact) mass is 991 g/mol. The van der Waals surface area contributed by atoms with Crippen molar-refractivity contribution in [3.05, 3.63) is 71.5 Å². The predicted molar refractivity (Wildman–Crippen MR) is 220 cm³/mol. The molecule has 0 saturated heterocycles. The van der Waals surface area contributed by atoms with Gasteiger partial charge >= 0.3 is 5.97 Å². The summed E-state index contributed by atoms with van der Waals surface area (Å²) < 4.78 is 207. The summed E-state index contributed by atoms with van der Waals surface area (Å²) in [5.74, 6) is -2.85. The second-order valence-corrected chi connectivity index (χ2v) is 23.8. The lowest BCUT2D eigenvalue weighted by Crippen LogP contribution is -2.33. The van der Waals surface area contributed by atoms with E-state index in [-0.39, 0.29) is 72.7 Å². The van der Waals surface area contributed by atoms with Crippen LogP contribution in [0.25, 0.3) is 0 Å². The van der Waals surface area contributed by atoms with E-state index in [1.165, 1.54) is 60.6 Å². The van der Waals surface area contributed by atoms with E-state index in [9.17, 15) is 87.7 Å². The van der Waals surface area contributed by atoms with Crippen molar-refractivity contribution < 1.29 is 92.3 Å². The Morgan fingerprint density at radius 2 is 1.18 bits per heavy atom. The maximum atomic E-state index is 12.8. The average Bonchev–Trinajstić information content (AvgIpc) is 3.44. The highest BCUT2D eigenvalue weighted by Crippen LogP contribution is 2.52. The Labute approximate surface area is 358 Å². The lowest BCUT2D eigenvalue weighted by Gasteiger charge is -2.27. The zero-order valence-corrected chi connectivity index (χ0v) is 37.7. The van der Waals surface area contributed by atoms with E-state index in [1.54, 1.807) is 0 Å². The van der Waals surface area contributed by atoms with Gasteiger partial charge in [-0.05, 0) is 50.5 Å². The molecule has 0 aromatic heterocycles. The molecule has 0 aliphatic carbocycles. The first-order valence-electron chi connectivity index (χ1n) is 17.9. The molecule has 1 unspecified atom stereocenters. The average molecular weight is 992 g/mol. The molecule has 0 radical (unpaired) electrons. The van der Waals surface area contributed by atoms with Crippen LogP contribution in [0.15, 0.2) is 79.9 Å². The summed E-state index contributed by atoms with van der Waals surface area (Å²) >= 11 is 0. The number of carboxylic acids is 1. The van der Waals surface area contributed by atoms with Crippen LogP contribution in [0.5, 0.6) is 0 Å². The highest BCUT2D eigenvalue weighted by molar-refractivity contribution is 7.87. The van der Waals surface area contributed by atoms with Gasteiger partial charge in [0.05, 0.1) is 27.4 Å². The molecular formula is C34H43N2O20S6+. The molecule has 2 aromatic rings. The zero-order chi connectivity index (χ0) is 47.2. The maximum Gasteiger partial charge on any atom is 0.303 e. The quantitative estimate of drug-likeness (QED) is 0.0604. The molecule has 2 aliphatic heterocycles. The van der Waals surface area contributed by atoms with Crippen molar-refractivity contribution in [2.45, 2.75) is 83.3 Å². The van der Waals surface area contributed by atoms with Crippen molar-refractivity contribution in [3.8, 4) is 0 Å². The molecule has 62 heavy (non-hydrogen) atoms. The molecule has 7 N–H and O–H groups in total. The summed E-state index contributed by atoms with van der Waals surface area (Å²) in [4.78, 5) is 9.07. The molecule has 22 nitrogen and oxygen atoms in total. The molecule has 4 rings (SSSR count). The van der Waals surface area contributed by atoms with E-state index in [1.807, 2.05) is 0 Å². The fourth-order valence-corrected chi connectivity index (χ4v) is 11.6. The van der Waals surface area contributed by atoms with Gasteiger partial charge in [-0.1, -0.05) is 32.1 Å². The first-order valence-corrected chi connectivity index (χ1v) is 26.8. The van der Waals surface area contributed by atoms with Crippen molar-refractivity contribution in [2.24, 2.45) is 0 Å². The van der Waals surface area contributed by atoms with Crippen molar-refractivity contribution in [1.82, 2.24) is 0 Å². The number of benzene rings is 2. The summed E-state index contributed by atoms with van der Waals surface area (Å²) in [6.07, 6.45) is 5.42. The van der Waals surface area contributed by atoms with E-state index in [0.29, 0.717) is 12.1 Å². The molecule has 1 atom stereocenters. The Kier molecular flexibility index (Phi) is 14.4. The van der Waals surface area contributed by atoms with Crippen molar-refractivity contribution in [3.63, 3.8) is 0 Å². The Hall–Kier alpha value is -3.94. The highest BCUT2D eigenvalue weighted by Gasteiger charge is 2.51. The maximum absolute atomic E-state index is 12.8. The molecule has 2 aliphatic rings. The number of rotatable bonds is 19. The standard InChI is InChI=1S/C34H42N2O20S6/c1-33(2)28(35(14-8-16-57(39,40)41)24-18-22(59(45,46)47)20-26(31(24)33)61(51,52)53)10-5-4-6-11-29-34(3,13-7-12-30(37)38)32-25(36(29)15-9-17-58(42,43)44)19-23(60(48,49)50)21-27(32)62(54,55)56/h4-6,10-11,18-21H,7-9,12-17H2,1-3H3,(H6-,37,38,39,40,41,42,43,44,45,46,47,48,49,50,51,52,53,54,55,56)/p+1. The van der Waals surface area contributed by atoms with E-state index in [0.717, 1.165) is 12.1 Å². The van der Waals surface area contributed by atoms with Crippen LogP contribution in [0.2, 0.25) is 0 Å². The van der Waals surface area contributed by atoms with Gasteiger partial charge in [0.2, 0.25) is 5.69 Å². The molecule has 0 saturated carbocycles. The number of allylic oxidation sites excluding steroid dienone is 6. The number of fused-ring (bicyclic) bond motifs is 2. The zero-order valence-electron chi connectivity index (χ0n) is 32.8.